The lowest BCUT2D eigenvalue weighted by Gasteiger charge is -2.26. The summed E-state index contributed by atoms with van der Waals surface area (Å²) in [5.74, 6) is 0.116. The van der Waals surface area contributed by atoms with E-state index in [0.717, 1.165) is 56.1 Å². The number of carbonyl (C=O) groups is 1. The number of nitrogens with two attached hydrogens (primary N) is 1. The van der Waals surface area contributed by atoms with E-state index in [2.05, 4.69) is 51.4 Å². The Morgan fingerprint density at radius 2 is 1.90 bits per heavy atom. The van der Waals surface area contributed by atoms with Crippen LogP contribution in [0, 0.1) is 5.82 Å². The summed E-state index contributed by atoms with van der Waals surface area (Å²) in [5, 5.41) is 9.66. The number of fused-ring (bicyclic) bond motifs is 1. The molecule has 0 radical (unpaired) electrons. The Kier molecular flexibility index (Phi) is 7.45. The summed E-state index contributed by atoms with van der Waals surface area (Å²) in [6.07, 6.45) is 3.80. The first-order chi connectivity index (χ1) is 18.7. The molecule has 0 saturated carbocycles. The van der Waals surface area contributed by atoms with Crippen LogP contribution in [0.15, 0.2) is 48.9 Å². The van der Waals surface area contributed by atoms with Gasteiger partial charge in [0.2, 0.25) is 0 Å². The average molecular weight is 533 g/mol. The van der Waals surface area contributed by atoms with Gasteiger partial charge in [0.25, 0.3) is 0 Å². The molecule has 1 aromatic carbocycles. The van der Waals surface area contributed by atoms with E-state index in [9.17, 15) is 4.79 Å². The maximum Gasteiger partial charge on any atom is 0.324 e. The van der Waals surface area contributed by atoms with E-state index >= 15 is 4.39 Å². The molecular weight excluding hydrogens is 499 g/mol. The van der Waals surface area contributed by atoms with E-state index in [0.29, 0.717) is 22.7 Å². The molecule has 4 N–H and O–H groups in total. The molecule has 4 aromatic rings. The second-order valence-corrected chi connectivity index (χ2v) is 10.6. The van der Waals surface area contributed by atoms with Crippen molar-refractivity contribution in [2.75, 3.05) is 49.2 Å². The summed E-state index contributed by atoms with van der Waals surface area (Å²) in [6, 6.07) is 9.74. The number of anilines is 3. The number of benzene rings is 1. The Bertz CT molecular complexity index is 1490. The maximum atomic E-state index is 15.2. The van der Waals surface area contributed by atoms with Gasteiger partial charge in [0.05, 0.1) is 18.9 Å². The lowest BCUT2D eigenvalue weighted by molar-refractivity contribution is 0.0383. The molecule has 1 saturated heterocycles. The van der Waals surface area contributed by atoms with Gasteiger partial charge in [-0.25, -0.2) is 23.7 Å². The van der Waals surface area contributed by atoms with Crippen molar-refractivity contribution in [2.24, 2.45) is 0 Å². The Morgan fingerprint density at radius 3 is 2.64 bits per heavy atom. The van der Waals surface area contributed by atoms with Crippen molar-refractivity contribution in [3.05, 3.63) is 66.0 Å². The molecule has 0 unspecified atom stereocenters. The number of morpholine rings is 1. The number of carbonyl (C=O) groups excluding carboxylic acids is 1. The van der Waals surface area contributed by atoms with Gasteiger partial charge in [0.1, 0.15) is 23.5 Å². The topological polar surface area (TPSA) is 123 Å². The highest BCUT2D eigenvalue weighted by Gasteiger charge is 2.19. The van der Waals surface area contributed by atoms with Gasteiger partial charge < -0.3 is 15.8 Å². The molecule has 4 heterocycles. The molecule has 5 rings (SSSR count). The maximum absolute atomic E-state index is 15.2. The molecule has 1 aliphatic heterocycles. The molecular formula is C28H33FN8O2. The Hall–Kier alpha value is -4.09. The summed E-state index contributed by atoms with van der Waals surface area (Å²) in [4.78, 5) is 23.3. The summed E-state index contributed by atoms with van der Waals surface area (Å²) in [5.41, 5.74) is 10.1. The van der Waals surface area contributed by atoms with Crippen LogP contribution in [-0.4, -0.2) is 63.4 Å². The van der Waals surface area contributed by atoms with Gasteiger partial charge in [-0.05, 0) is 46.9 Å². The first kappa shape index (κ1) is 26.5. The highest BCUT2D eigenvalue weighted by molar-refractivity contribution is 5.99. The normalized spacial score (nSPS) is 14.5. The predicted octanol–water partition coefficient (Wildman–Crippen LogP) is 4.33. The van der Waals surface area contributed by atoms with Crippen LogP contribution in [0.5, 0.6) is 0 Å². The van der Waals surface area contributed by atoms with Gasteiger partial charge in [-0.3, -0.25) is 10.2 Å². The molecule has 10 nitrogen and oxygen atoms in total. The van der Waals surface area contributed by atoms with E-state index in [1.807, 2.05) is 12.1 Å². The third kappa shape index (κ3) is 5.99. The zero-order valence-electron chi connectivity index (χ0n) is 22.4. The molecule has 1 fully saturated rings. The lowest BCUT2D eigenvalue weighted by atomic mass is 9.88. The summed E-state index contributed by atoms with van der Waals surface area (Å²) in [7, 11) is 0. The number of hydrogen-bond acceptors (Lipinski definition) is 7. The van der Waals surface area contributed by atoms with Gasteiger partial charge in [-0.2, -0.15) is 5.10 Å². The van der Waals surface area contributed by atoms with Gasteiger partial charge in [0.15, 0.2) is 5.82 Å². The van der Waals surface area contributed by atoms with Gasteiger partial charge in [0, 0.05) is 43.5 Å². The minimum atomic E-state index is -0.586. The molecule has 0 spiro atoms. The molecule has 39 heavy (non-hydrogen) atoms. The quantitative estimate of drug-likeness (QED) is 0.338. The van der Waals surface area contributed by atoms with Crippen LogP contribution in [0.3, 0.4) is 0 Å². The third-order valence-corrected chi connectivity index (χ3v) is 6.84. The number of pyridine rings is 1. The van der Waals surface area contributed by atoms with Crippen LogP contribution in [0.25, 0.3) is 16.6 Å². The van der Waals surface area contributed by atoms with Crippen LogP contribution in [0.1, 0.15) is 32.0 Å². The fourth-order valence-corrected chi connectivity index (χ4v) is 4.65. The Balaban J connectivity index is 1.35. The minimum Gasteiger partial charge on any atom is -0.382 e. The van der Waals surface area contributed by atoms with Crippen LogP contribution in [-0.2, 0) is 16.6 Å². The van der Waals surface area contributed by atoms with Gasteiger partial charge in [-0.15, -0.1) is 0 Å². The lowest BCUT2D eigenvalue weighted by Crippen LogP contribution is -2.37. The molecule has 1 aliphatic rings. The molecule has 0 aliphatic carbocycles. The van der Waals surface area contributed by atoms with E-state index < -0.39 is 11.8 Å². The van der Waals surface area contributed by atoms with Crippen molar-refractivity contribution >= 4 is 28.9 Å². The standard InChI is InChI=1S/C28H33FN8O2/c1-28(2,3)19-6-8-31-24(15-19)35-27(38)34-23-5-4-18(14-22(23)29)21-16-20(7-9-36-10-12-39-13-11-36)37-25(21)26(30)32-17-33-37/h4-6,8,14-17H,7,9-13H2,1-3H3,(H2,30,32,33)(H2,31,34,35,38). The third-order valence-electron chi connectivity index (χ3n) is 6.84. The van der Waals surface area contributed by atoms with Crippen molar-refractivity contribution in [1.29, 1.82) is 0 Å². The monoisotopic (exact) mass is 532 g/mol. The summed E-state index contributed by atoms with van der Waals surface area (Å²) in [6.45, 7) is 10.3. The molecule has 2 amide bonds. The first-order valence-corrected chi connectivity index (χ1v) is 12.9. The number of nitrogens with one attached hydrogen (secondary N) is 2. The molecule has 0 atom stereocenters. The van der Waals surface area contributed by atoms with Crippen LogP contribution in [0.4, 0.5) is 26.5 Å². The second kappa shape index (κ2) is 11.0. The highest BCUT2D eigenvalue weighted by Crippen LogP contribution is 2.32. The number of halogens is 1. The van der Waals surface area contributed by atoms with Crippen LogP contribution >= 0.6 is 0 Å². The highest BCUT2D eigenvalue weighted by atomic mass is 19.1. The number of aromatic nitrogens is 4. The summed E-state index contributed by atoms with van der Waals surface area (Å²) < 4.78 is 22.4. The fourth-order valence-electron chi connectivity index (χ4n) is 4.65. The molecule has 3 aromatic heterocycles. The van der Waals surface area contributed by atoms with E-state index in [-0.39, 0.29) is 11.1 Å². The zero-order chi connectivity index (χ0) is 27.6. The molecule has 0 bridgehead atoms. The Labute approximate surface area is 226 Å². The molecule has 11 heteroatoms. The van der Waals surface area contributed by atoms with Crippen molar-refractivity contribution in [2.45, 2.75) is 32.6 Å². The number of urea groups is 1. The fraction of sp³-hybridized carbons (Fsp3) is 0.357. The smallest absolute Gasteiger partial charge is 0.324 e. The minimum absolute atomic E-state index is 0.0449. The number of ether oxygens (including phenoxy) is 1. The average Bonchev–Trinajstić information content (AvgIpc) is 3.29. The van der Waals surface area contributed by atoms with E-state index in [4.69, 9.17) is 10.5 Å². The van der Waals surface area contributed by atoms with Crippen LogP contribution < -0.4 is 16.4 Å². The number of nitrogen functional groups attached to an aromatic ring is 1. The zero-order valence-corrected chi connectivity index (χ0v) is 22.4. The van der Waals surface area contributed by atoms with E-state index in [1.54, 1.807) is 22.8 Å². The first-order valence-electron chi connectivity index (χ1n) is 12.9. The number of amides is 2. The molecule has 204 valence electrons. The van der Waals surface area contributed by atoms with Crippen molar-refractivity contribution in [1.82, 2.24) is 24.5 Å². The number of nitrogens with zero attached hydrogens (tertiary/aromatic N) is 5. The SMILES string of the molecule is CC(C)(C)c1ccnc(NC(=O)Nc2ccc(-c3cc(CCN4CCOCC4)n4ncnc(N)c34)cc2F)c1. The number of rotatable bonds is 6. The summed E-state index contributed by atoms with van der Waals surface area (Å²) >= 11 is 0. The van der Waals surface area contributed by atoms with Crippen molar-refractivity contribution < 1.29 is 13.9 Å². The van der Waals surface area contributed by atoms with Crippen molar-refractivity contribution in [3.63, 3.8) is 0 Å². The van der Waals surface area contributed by atoms with Crippen LogP contribution in [0.2, 0.25) is 0 Å². The largest absolute Gasteiger partial charge is 0.382 e. The van der Waals surface area contributed by atoms with Gasteiger partial charge >= 0.3 is 6.03 Å². The van der Waals surface area contributed by atoms with Gasteiger partial charge in [-0.1, -0.05) is 26.8 Å². The second-order valence-electron chi connectivity index (χ2n) is 10.6. The van der Waals surface area contributed by atoms with E-state index in [1.165, 1.54) is 18.5 Å². The Morgan fingerprint density at radius 1 is 1.10 bits per heavy atom. The predicted molar refractivity (Wildman–Crippen MR) is 149 cm³/mol. The van der Waals surface area contributed by atoms with Crippen molar-refractivity contribution in [3.8, 4) is 11.1 Å². The number of hydrogen-bond donors (Lipinski definition) is 3.